The number of pyridine rings is 1. The van der Waals surface area contributed by atoms with Crippen molar-refractivity contribution >= 4 is 23.1 Å². The van der Waals surface area contributed by atoms with Crippen LogP contribution in [0.3, 0.4) is 0 Å². The molecule has 1 aromatic heterocycles. The predicted octanol–water partition coefficient (Wildman–Crippen LogP) is 3.80. The van der Waals surface area contributed by atoms with E-state index < -0.39 is 0 Å². The molecule has 1 amide bonds. The molecule has 6 heteroatoms. The lowest BCUT2D eigenvalue weighted by atomic mass is 10.2. The van der Waals surface area contributed by atoms with E-state index in [4.69, 9.17) is 0 Å². The Kier molecular flexibility index (Phi) is 5.19. The van der Waals surface area contributed by atoms with E-state index in [1.807, 2.05) is 48.7 Å². The number of anilines is 3. The first-order valence-electron chi connectivity index (χ1n) is 9.27. The molecule has 0 bridgehead atoms. The summed E-state index contributed by atoms with van der Waals surface area (Å²) in [6, 6.07) is 19.3. The summed E-state index contributed by atoms with van der Waals surface area (Å²) >= 11 is 0. The second kappa shape index (κ2) is 8.08. The zero-order valence-electron chi connectivity index (χ0n) is 15.4. The maximum absolute atomic E-state index is 13.0. The standard InChI is InChI=1S/C22H21FN4O/c23-18-6-4-17(5-7-18)22(28)25-19-8-10-20(11-9-19)26-13-15-27(16-14-26)21-3-1-2-12-24-21/h1-12H,13-16H2,(H,25,28). The number of carbonyl (C=O) groups excluding carboxylic acids is 1. The van der Waals surface area contributed by atoms with Gasteiger partial charge in [-0.1, -0.05) is 6.07 Å². The van der Waals surface area contributed by atoms with Crippen molar-refractivity contribution in [1.82, 2.24) is 4.98 Å². The van der Waals surface area contributed by atoms with E-state index in [9.17, 15) is 9.18 Å². The van der Waals surface area contributed by atoms with E-state index in [0.29, 0.717) is 11.3 Å². The summed E-state index contributed by atoms with van der Waals surface area (Å²) in [5.41, 5.74) is 2.27. The fraction of sp³-hybridized carbons (Fsp3) is 0.182. The molecule has 142 valence electrons. The van der Waals surface area contributed by atoms with Crippen LogP contribution in [0.25, 0.3) is 0 Å². The van der Waals surface area contributed by atoms with E-state index in [2.05, 4.69) is 20.1 Å². The van der Waals surface area contributed by atoms with Crippen LogP contribution in [-0.4, -0.2) is 37.1 Å². The van der Waals surface area contributed by atoms with Crippen molar-refractivity contribution < 1.29 is 9.18 Å². The van der Waals surface area contributed by atoms with Crippen molar-refractivity contribution in [1.29, 1.82) is 0 Å². The third-order valence-corrected chi connectivity index (χ3v) is 4.85. The molecule has 1 saturated heterocycles. The van der Waals surface area contributed by atoms with Gasteiger partial charge in [0.1, 0.15) is 11.6 Å². The highest BCUT2D eigenvalue weighted by molar-refractivity contribution is 6.04. The summed E-state index contributed by atoms with van der Waals surface area (Å²) in [5, 5.41) is 2.84. The van der Waals surface area contributed by atoms with Crippen molar-refractivity contribution in [2.75, 3.05) is 41.3 Å². The van der Waals surface area contributed by atoms with Crippen molar-refractivity contribution in [2.45, 2.75) is 0 Å². The number of aromatic nitrogens is 1. The summed E-state index contributed by atoms with van der Waals surface area (Å²) in [4.78, 5) is 21.3. The van der Waals surface area contributed by atoms with E-state index in [-0.39, 0.29) is 11.7 Å². The Morgan fingerprint density at radius 1 is 0.857 bits per heavy atom. The molecule has 0 radical (unpaired) electrons. The normalized spacial score (nSPS) is 14.0. The van der Waals surface area contributed by atoms with Gasteiger partial charge in [0.15, 0.2) is 0 Å². The second-order valence-corrected chi connectivity index (χ2v) is 6.67. The number of hydrogen-bond donors (Lipinski definition) is 1. The van der Waals surface area contributed by atoms with Crippen LogP contribution in [0.15, 0.2) is 72.9 Å². The third kappa shape index (κ3) is 4.11. The Morgan fingerprint density at radius 3 is 2.18 bits per heavy atom. The molecule has 0 unspecified atom stereocenters. The van der Waals surface area contributed by atoms with E-state index in [0.717, 1.165) is 37.7 Å². The molecular formula is C22H21FN4O. The van der Waals surface area contributed by atoms with Gasteiger partial charge in [-0.2, -0.15) is 0 Å². The molecule has 2 aromatic carbocycles. The zero-order valence-corrected chi connectivity index (χ0v) is 15.4. The third-order valence-electron chi connectivity index (χ3n) is 4.85. The Labute approximate surface area is 163 Å². The largest absolute Gasteiger partial charge is 0.368 e. The topological polar surface area (TPSA) is 48.5 Å². The minimum Gasteiger partial charge on any atom is -0.368 e. The van der Waals surface area contributed by atoms with Gasteiger partial charge in [-0.3, -0.25) is 4.79 Å². The van der Waals surface area contributed by atoms with Crippen LogP contribution in [0.2, 0.25) is 0 Å². The van der Waals surface area contributed by atoms with E-state index >= 15 is 0 Å². The Morgan fingerprint density at radius 2 is 1.54 bits per heavy atom. The predicted molar refractivity (Wildman–Crippen MR) is 109 cm³/mol. The SMILES string of the molecule is O=C(Nc1ccc(N2CCN(c3ccccn3)CC2)cc1)c1ccc(F)cc1. The number of amides is 1. The average molecular weight is 376 g/mol. The van der Waals surface area contributed by atoms with Gasteiger partial charge >= 0.3 is 0 Å². The summed E-state index contributed by atoms with van der Waals surface area (Å²) in [6.45, 7) is 3.66. The van der Waals surface area contributed by atoms with Crippen LogP contribution in [0.4, 0.5) is 21.6 Å². The maximum atomic E-state index is 13.0. The van der Waals surface area contributed by atoms with Crippen LogP contribution in [0, 0.1) is 5.82 Å². The first-order valence-corrected chi connectivity index (χ1v) is 9.27. The molecule has 0 spiro atoms. The van der Waals surface area contributed by atoms with Crippen LogP contribution >= 0.6 is 0 Å². The molecule has 28 heavy (non-hydrogen) atoms. The number of nitrogens with zero attached hydrogens (tertiary/aromatic N) is 3. The lowest BCUT2D eigenvalue weighted by Crippen LogP contribution is -2.46. The van der Waals surface area contributed by atoms with Gasteiger partial charge in [0.2, 0.25) is 0 Å². The molecule has 1 N–H and O–H groups in total. The van der Waals surface area contributed by atoms with Gasteiger partial charge in [0.25, 0.3) is 5.91 Å². The van der Waals surface area contributed by atoms with E-state index in [1.165, 1.54) is 24.3 Å². The minimum atomic E-state index is -0.357. The highest BCUT2D eigenvalue weighted by atomic mass is 19.1. The lowest BCUT2D eigenvalue weighted by molar-refractivity contribution is 0.102. The van der Waals surface area contributed by atoms with Gasteiger partial charge < -0.3 is 15.1 Å². The van der Waals surface area contributed by atoms with Crippen LogP contribution in [0.5, 0.6) is 0 Å². The fourth-order valence-corrected chi connectivity index (χ4v) is 3.29. The highest BCUT2D eigenvalue weighted by Crippen LogP contribution is 2.21. The van der Waals surface area contributed by atoms with Gasteiger partial charge in [0, 0.05) is 49.3 Å². The van der Waals surface area contributed by atoms with Crippen molar-refractivity contribution in [3.8, 4) is 0 Å². The number of hydrogen-bond acceptors (Lipinski definition) is 4. The smallest absolute Gasteiger partial charge is 0.255 e. The summed E-state index contributed by atoms with van der Waals surface area (Å²) in [6.07, 6.45) is 1.82. The molecule has 1 aliphatic heterocycles. The molecular weight excluding hydrogens is 355 g/mol. The molecule has 4 rings (SSSR count). The fourth-order valence-electron chi connectivity index (χ4n) is 3.29. The molecule has 2 heterocycles. The Hall–Kier alpha value is -3.41. The lowest BCUT2D eigenvalue weighted by Gasteiger charge is -2.36. The number of rotatable bonds is 4. The molecule has 0 aliphatic carbocycles. The Bertz CT molecular complexity index is 921. The molecule has 0 atom stereocenters. The van der Waals surface area contributed by atoms with Crippen LogP contribution < -0.4 is 15.1 Å². The van der Waals surface area contributed by atoms with Crippen LogP contribution in [-0.2, 0) is 0 Å². The molecule has 5 nitrogen and oxygen atoms in total. The summed E-state index contributed by atoms with van der Waals surface area (Å²) < 4.78 is 13.0. The quantitative estimate of drug-likeness (QED) is 0.753. The number of halogens is 1. The van der Waals surface area contributed by atoms with Gasteiger partial charge in [-0.15, -0.1) is 0 Å². The molecule has 1 aliphatic rings. The minimum absolute atomic E-state index is 0.253. The average Bonchev–Trinajstić information content (AvgIpc) is 2.75. The number of carbonyl (C=O) groups is 1. The number of nitrogens with one attached hydrogen (secondary N) is 1. The zero-order chi connectivity index (χ0) is 19.3. The molecule has 0 saturated carbocycles. The van der Waals surface area contributed by atoms with Gasteiger partial charge in [-0.25, -0.2) is 9.37 Å². The monoisotopic (exact) mass is 376 g/mol. The van der Waals surface area contributed by atoms with Gasteiger partial charge in [-0.05, 0) is 60.7 Å². The highest BCUT2D eigenvalue weighted by Gasteiger charge is 2.18. The van der Waals surface area contributed by atoms with Crippen molar-refractivity contribution in [3.05, 3.63) is 84.3 Å². The van der Waals surface area contributed by atoms with Gasteiger partial charge in [0.05, 0.1) is 0 Å². The molecule has 1 fully saturated rings. The first-order chi connectivity index (χ1) is 13.7. The summed E-state index contributed by atoms with van der Waals surface area (Å²) in [5.74, 6) is 0.404. The Balaban J connectivity index is 1.35. The van der Waals surface area contributed by atoms with Crippen molar-refractivity contribution in [2.24, 2.45) is 0 Å². The maximum Gasteiger partial charge on any atom is 0.255 e. The first kappa shape index (κ1) is 18.0. The number of benzene rings is 2. The molecule has 3 aromatic rings. The second-order valence-electron chi connectivity index (χ2n) is 6.67. The van der Waals surface area contributed by atoms with Crippen molar-refractivity contribution in [3.63, 3.8) is 0 Å². The summed E-state index contributed by atoms with van der Waals surface area (Å²) in [7, 11) is 0. The van der Waals surface area contributed by atoms with E-state index in [1.54, 1.807) is 0 Å². The van der Waals surface area contributed by atoms with Crippen LogP contribution in [0.1, 0.15) is 10.4 Å². The number of piperazine rings is 1.